The summed E-state index contributed by atoms with van der Waals surface area (Å²) >= 11 is 0. The van der Waals surface area contributed by atoms with Crippen LogP contribution < -0.4 is 0 Å². The van der Waals surface area contributed by atoms with E-state index < -0.39 is 0 Å². The lowest BCUT2D eigenvalue weighted by Gasteiger charge is -2.14. The molecule has 0 aliphatic heterocycles. The van der Waals surface area contributed by atoms with Gasteiger partial charge in [0.2, 0.25) is 0 Å². The molecule has 19 rings (SSSR count). The molecule has 0 N–H and O–H groups in total. The Morgan fingerprint density at radius 2 is 0.385 bits per heavy atom. The molecule has 0 saturated heterocycles. The molecule has 0 atom stereocenters. The summed E-state index contributed by atoms with van der Waals surface area (Å²) in [6.45, 7) is 0. The van der Waals surface area contributed by atoms with Gasteiger partial charge in [0.1, 0.15) is 0 Å². The van der Waals surface area contributed by atoms with Gasteiger partial charge in [0.15, 0.2) is 0 Å². The van der Waals surface area contributed by atoms with Gasteiger partial charge < -0.3 is 0 Å². The molecule has 78 heavy (non-hydrogen) atoms. The van der Waals surface area contributed by atoms with Crippen molar-refractivity contribution >= 4 is 162 Å². The lowest BCUT2D eigenvalue weighted by molar-refractivity contribution is 1.67. The summed E-state index contributed by atoms with van der Waals surface area (Å²) in [5, 5.41) is 39.4. The smallest absolute Gasteiger partial charge is 0.000673 e. The van der Waals surface area contributed by atoms with E-state index in [4.69, 9.17) is 0 Å². The summed E-state index contributed by atoms with van der Waals surface area (Å²) < 4.78 is 0. The topological polar surface area (TPSA) is 0 Å². The van der Waals surface area contributed by atoms with Crippen LogP contribution in [0.3, 0.4) is 0 Å². The molecule has 0 heteroatoms. The molecule has 0 aliphatic rings. The van der Waals surface area contributed by atoms with Gasteiger partial charge in [-0.15, -0.1) is 0 Å². The lowest BCUT2D eigenvalue weighted by atomic mass is 9.89. The first-order valence-electron chi connectivity index (χ1n) is 27.4. The highest BCUT2D eigenvalue weighted by Crippen LogP contribution is 2.60. The standard InChI is InChI=1S/C78H42/c1-4-16-43(17-5-1)55-34-37-58-67-61(40-49-31-28-46-22-10-13-25-52(46)64(49)70(55)67)76-73(58)77-62-41-50-32-29-47-23-11-14-26-53(47)65(50)72-57(45-20-8-3-9-21-45)36-39-60(69(62)72)75(77)78-63-42-51-33-30-48-24-12-15-27-54(48)66(51)71-56(44-18-6-2-7-19-44)35-38-59(68(63)71)74(76)78/h1-42H. The molecule has 0 heterocycles. The largest absolute Gasteiger partial charge is 0.0622 e. The second-order valence-corrected chi connectivity index (χ2v) is 22.0. The van der Waals surface area contributed by atoms with Crippen LogP contribution in [0.15, 0.2) is 255 Å². The highest BCUT2D eigenvalue weighted by molar-refractivity contribution is 6.58. The van der Waals surface area contributed by atoms with Crippen molar-refractivity contribution in [3.05, 3.63) is 255 Å². The molecule has 0 aromatic heterocycles. The zero-order valence-corrected chi connectivity index (χ0v) is 42.2. The number of benzene rings is 16. The van der Waals surface area contributed by atoms with Crippen LogP contribution in [0.25, 0.3) is 195 Å². The quantitative estimate of drug-likeness (QED) is 0.155. The molecule has 0 aliphatic carbocycles. The van der Waals surface area contributed by atoms with Crippen LogP contribution in [0.1, 0.15) is 0 Å². The van der Waals surface area contributed by atoms with Gasteiger partial charge in [-0.1, -0.05) is 237 Å². The fourth-order valence-electron chi connectivity index (χ4n) is 15.3. The first-order valence-corrected chi connectivity index (χ1v) is 27.4. The maximum absolute atomic E-state index is 2.57. The van der Waals surface area contributed by atoms with Crippen molar-refractivity contribution in [2.75, 3.05) is 0 Å². The fraction of sp³-hybridized carbons (Fsp3) is 0. The van der Waals surface area contributed by atoms with Gasteiger partial charge in [-0.05, 0) is 213 Å². The van der Waals surface area contributed by atoms with Crippen LogP contribution in [0, 0.1) is 0 Å². The second kappa shape index (κ2) is 14.8. The number of hydrogen-bond donors (Lipinski definition) is 0. The zero-order chi connectivity index (χ0) is 50.5. The van der Waals surface area contributed by atoms with E-state index in [0.29, 0.717) is 0 Å². The Morgan fingerprint density at radius 1 is 0.128 bits per heavy atom. The van der Waals surface area contributed by atoms with Crippen LogP contribution in [0.4, 0.5) is 0 Å². The second-order valence-electron chi connectivity index (χ2n) is 22.0. The molecule has 0 bridgehead atoms. The van der Waals surface area contributed by atoms with Crippen molar-refractivity contribution in [2.24, 2.45) is 0 Å². The number of hydrogen-bond acceptors (Lipinski definition) is 0. The third kappa shape index (κ3) is 5.11. The van der Waals surface area contributed by atoms with Crippen molar-refractivity contribution in [3.8, 4) is 33.4 Å². The minimum atomic E-state index is 1.23. The maximum atomic E-state index is 2.57. The fourth-order valence-corrected chi connectivity index (χ4v) is 15.3. The zero-order valence-electron chi connectivity index (χ0n) is 42.2. The molecule has 0 nitrogen and oxygen atoms in total. The monoisotopic (exact) mass is 978 g/mol. The molecule has 0 amide bonds. The maximum Gasteiger partial charge on any atom is -0.000673 e. The van der Waals surface area contributed by atoms with E-state index in [-0.39, 0.29) is 0 Å². The highest BCUT2D eigenvalue weighted by atomic mass is 14.3. The molecule has 354 valence electrons. The predicted octanol–water partition coefficient (Wildman–Crippen LogP) is 22.3. The van der Waals surface area contributed by atoms with Gasteiger partial charge in [-0.25, -0.2) is 0 Å². The molecule has 0 radical (unpaired) electrons. The lowest BCUT2D eigenvalue weighted by Crippen LogP contribution is -1.86. The van der Waals surface area contributed by atoms with Gasteiger partial charge in [0.05, 0.1) is 0 Å². The van der Waals surface area contributed by atoms with Crippen LogP contribution in [0.2, 0.25) is 0 Å². The van der Waals surface area contributed by atoms with Crippen molar-refractivity contribution in [1.29, 1.82) is 0 Å². The summed E-state index contributed by atoms with van der Waals surface area (Å²) in [6.07, 6.45) is 0. The summed E-state index contributed by atoms with van der Waals surface area (Å²) in [7, 11) is 0. The summed E-state index contributed by atoms with van der Waals surface area (Å²) in [6, 6.07) is 97.1. The average Bonchev–Trinajstić information content (AvgIpc) is 3.60. The van der Waals surface area contributed by atoms with Gasteiger partial charge in [-0.2, -0.15) is 0 Å². The van der Waals surface area contributed by atoms with Crippen LogP contribution >= 0.6 is 0 Å². The first kappa shape index (κ1) is 41.1. The van der Waals surface area contributed by atoms with Crippen molar-refractivity contribution in [3.63, 3.8) is 0 Å². The Bertz CT molecular complexity index is 5210. The van der Waals surface area contributed by atoms with E-state index in [9.17, 15) is 0 Å². The molecular formula is C78H42. The molecule has 19 aromatic rings. The Labute approximate surface area is 447 Å². The third-order valence-corrected chi connectivity index (χ3v) is 18.3. The molecule has 0 unspecified atom stereocenters. The minimum Gasteiger partial charge on any atom is -0.0622 e. The number of fused-ring (bicyclic) bond motifs is 24. The van der Waals surface area contributed by atoms with Gasteiger partial charge in [0, 0.05) is 0 Å². The van der Waals surface area contributed by atoms with E-state index in [2.05, 4.69) is 255 Å². The van der Waals surface area contributed by atoms with Crippen LogP contribution in [0.5, 0.6) is 0 Å². The van der Waals surface area contributed by atoms with Gasteiger partial charge in [0.25, 0.3) is 0 Å². The minimum absolute atomic E-state index is 1.23. The Hall–Kier alpha value is -10.1. The predicted molar refractivity (Wildman–Crippen MR) is 339 cm³/mol. The third-order valence-electron chi connectivity index (χ3n) is 18.3. The van der Waals surface area contributed by atoms with E-state index in [1.54, 1.807) is 0 Å². The molecule has 19 aromatic carbocycles. The molecule has 0 saturated carbocycles. The normalized spacial score (nSPS) is 12.6. The molecule has 0 spiro atoms. The van der Waals surface area contributed by atoms with Gasteiger partial charge >= 0.3 is 0 Å². The van der Waals surface area contributed by atoms with Crippen LogP contribution in [-0.4, -0.2) is 0 Å². The molecular weight excluding hydrogens is 937 g/mol. The Balaban J connectivity index is 1.15. The highest BCUT2D eigenvalue weighted by Gasteiger charge is 2.31. The van der Waals surface area contributed by atoms with E-state index >= 15 is 0 Å². The van der Waals surface area contributed by atoms with E-state index in [1.807, 2.05) is 0 Å². The SMILES string of the molecule is c1ccc(-c2ccc3c4c(cc5ccc6ccccc6c5c24)c2c4c5ccc(-c6ccccc6)c6c7c(ccc8ccccc87)cc(c56)c4c4c5ccc(-c6ccccc6)c6c7c(ccc8ccccc87)cc(c56)c4c32)cc1. The molecule has 0 fully saturated rings. The summed E-state index contributed by atoms with van der Waals surface area (Å²) in [5.74, 6) is 0. The average molecular weight is 979 g/mol. The van der Waals surface area contributed by atoms with E-state index in [1.165, 1.54) is 195 Å². The Morgan fingerprint density at radius 3 is 0.692 bits per heavy atom. The van der Waals surface area contributed by atoms with Crippen molar-refractivity contribution in [2.45, 2.75) is 0 Å². The first-order chi connectivity index (χ1) is 38.7. The van der Waals surface area contributed by atoms with Crippen molar-refractivity contribution in [1.82, 2.24) is 0 Å². The number of rotatable bonds is 3. The summed E-state index contributed by atoms with van der Waals surface area (Å²) in [4.78, 5) is 0. The Kier molecular flexibility index (Phi) is 7.82. The van der Waals surface area contributed by atoms with E-state index in [0.717, 1.165) is 0 Å². The van der Waals surface area contributed by atoms with Crippen LogP contribution in [-0.2, 0) is 0 Å². The summed E-state index contributed by atoms with van der Waals surface area (Å²) in [5.41, 5.74) is 7.50. The van der Waals surface area contributed by atoms with Crippen molar-refractivity contribution < 1.29 is 0 Å². The van der Waals surface area contributed by atoms with Gasteiger partial charge in [-0.3, -0.25) is 0 Å².